The maximum Gasteiger partial charge on any atom is 0.0928 e. The van der Waals surface area contributed by atoms with Crippen LogP contribution in [0.2, 0.25) is 0 Å². The predicted molar refractivity (Wildman–Crippen MR) is 55.1 cm³/mol. The van der Waals surface area contributed by atoms with Crippen LogP contribution in [0.3, 0.4) is 0 Å². The first-order valence-corrected chi connectivity index (χ1v) is 5.84. The number of alkyl halides is 2. The lowest BCUT2D eigenvalue weighted by Crippen LogP contribution is -2.19. The Hall–Kier alpha value is 0.920. The van der Waals surface area contributed by atoms with Gasteiger partial charge in [0.15, 0.2) is 0 Å². The molecule has 0 bridgehead atoms. The highest BCUT2D eigenvalue weighted by atomic mass is 79.9. The molecule has 0 rings (SSSR count). The van der Waals surface area contributed by atoms with Crippen molar-refractivity contribution in [3.63, 3.8) is 0 Å². The fourth-order valence-corrected chi connectivity index (χ4v) is 1.24. The van der Waals surface area contributed by atoms with Gasteiger partial charge in [-0.1, -0.05) is 38.8 Å². The van der Waals surface area contributed by atoms with E-state index < -0.39 is 0 Å². The standard InChI is InChI=1S/C8H15Br2O/c1-3-7(11)4-5-8(2,10)6-9/h7H,3-6H2,1-2H3. The zero-order valence-electron chi connectivity index (χ0n) is 7.07. The van der Waals surface area contributed by atoms with Crippen LogP contribution in [0.25, 0.3) is 0 Å². The molecule has 0 aromatic rings. The van der Waals surface area contributed by atoms with Crippen molar-refractivity contribution in [3.05, 3.63) is 0 Å². The second-order valence-corrected chi connectivity index (χ2v) is 5.59. The molecule has 0 aliphatic rings. The van der Waals surface area contributed by atoms with Crippen molar-refractivity contribution in [1.29, 1.82) is 0 Å². The molecule has 2 atom stereocenters. The first-order valence-electron chi connectivity index (χ1n) is 3.92. The molecule has 0 N–H and O–H groups in total. The van der Waals surface area contributed by atoms with E-state index in [0.29, 0.717) is 0 Å². The molecule has 0 fully saturated rings. The van der Waals surface area contributed by atoms with E-state index in [2.05, 4.69) is 38.8 Å². The lowest BCUT2D eigenvalue weighted by atomic mass is 10.0. The first-order chi connectivity index (χ1) is 5.02. The van der Waals surface area contributed by atoms with Crippen molar-refractivity contribution in [2.45, 2.75) is 43.5 Å². The van der Waals surface area contributed by atoms with Gasteiger partial charge in [0.05, 0.1) is 6.10 Å². The molecule has 0 spiro atoms. The van der Waals surface area contributed by atoms with E-state index >= 15 is 0 Å². The van der Waals surface area contributed by atoms with E-state index in [1.54, 1.807) is 0 Å². The third kappa shape index (κ3) is 6.12. The Kier molecular flexibility index (Phi) is 6.01. The summed E-state index contributed by atoms with van der Waals surface area (Å²) in [6, 6.07) is 0. The fourth-order valence-electron chi connectivity index (χ4n) is 0.733. The van der Waals surface area contributed by atoms with Gasteiger partial charge in [-0.05, 0) is 26.2 Å². The second kappa shape index (κ2) is 5.55. The fraction of sp³-hybridized carbons (Fsp3) is 1.00. The van der Waals surface area contributed by atoms with Gasteiger partial charge in [-0.3, -0.25) is 0 Å². The third-order valence-electron chi connectivity index (χ3n) is 1.72. The third-order valence-corrected chi connectivity index (χ3v) is 4.39. The molecule has 0 saturated heterocycles. The van der Waals surface area contributed by atoms with Crippen LogP contribution in [0.5, 0.6) is 0 Å². The van der Waals surface area contributed by atoms with Crippen molar-refractivity contribution in [3.8, 4) is 0 Å². The second-order valence-electron chi connectivity index (χ2n) is 3.12. The SMILES string of the molecule is CCC([O])CCC(C)(Br)CBr. The Bertz CT molecular complexity index is 104. The van der Waals surface area contributed by atoms with Gasteiger partial charge in [0, 0.05) is 9.65 Å². The molecule has 11 heavy (non-hydrogen) atoms. The molecular weight excluding hydrogens is 272 g/mol. The van der Waals surface area contributed by atoms with Gasteiger partial charge in [-0.15, -0.1) is 0 Å². The molecule has 0 aromatic carbocycles. The quantitative estimate of drug-likeness (QED) is 0.689. The van der Waals surface area contributed by atoms with Crippen molar-refractivity contribution in [2.24, 2.45) is 0 Å². The van der Waals surface area contributed by atoms with Gasteiger partial charge in [0.1, 0.15) is 0 Å². The van der Waals surface area contributed by atoms with Crippen molar-refractivity contribution >= 4 is 31.9 Å². The maximum absolute atomic E-state index is 11.0. The lowest BCUT2D eigenvalue weighted by molar-refractivity contribution is 0.0746. The average molecular weight is 287 g/mol. The highest BCUT2D eigenvalue weighted by Gasteiger charge is 2.19. The Labute approximate surface area is 85.8 Å². The van der Waals surface area contributed by atoms with Crippen molar-refractivity contribution < 1.29 is 5.11 Å². The van der Waals surface area contributed by atoms with E-state index in [1.165, 1.54) is 0 Å². The molecule has 1 radical (unpaired) electrons. The zero-order chi connectivity index (χ0) is 8.91. The molecule has 0 aliphatic heterocycles. The Balaban J connectivity index is 3.52. The van der Waals surface area contributed by atoms with Gasteiger partial charge in [-0.25, -0.2) is 5.11 Å². The van der Waals surface area contributed by atoms with Crippen LogP contribution >= 0.6 is 31.9 Å². The molecule has 3 heteroatoms. The van der Waals surface area contributed by atoms with Crippen LogP contribution in [0.15, 0.2) is 0 Å². The minimum atomic E-state index is -0.383. The van der Waals surface area contributed by atoms with Gasteiger partial charge in [0.2, 0.25) is 0 Å². The topological polar surface area (TPSA) is 19.9 Å². The van der Waals surface area contributed by atoms with E-state index in [4.69, 9.17) is 0 Å². The summed E-state index contributed by atoms with van der Waals surface area (Å²) in [4.78, 5) is 0. The molecule has 1 nitrogen and oxygen atoms in total. The summed E-state index contributed by atoms with van der Waals surface area (Å²) in [6.07, 6.45) is 2.07. The van der Waals surface area contributed by atoms with E-state index in [1.807, 2.05) is 6.92 Å². The summed E-state index contributed by atoms with van der Waals surface area (Å²) >= 11 is 6.95. The largest absolute Gasteiger partial charge is 0.233 e. The number of hydrogen-bond donors (Lipinski definition) is 0. The smallest absolute Gasteiger partial charge is 0.0928 e. The summed E-state index contributed by atoms with van der Waals surface area (Å²) in [6.45, 7) is 4.04. The van der Waals surface area contributed by atoms with Gasteiger partial charge < -0.3 is 0 Å². The van der Waals surface area contributed by atoms with Crippen LogP contribution in [0.4, 0.5) is 0 Å². The van der Waals surface area contributed by atoms with E-state index in [0.717, 1.165) is 24.6 Å². The van der Waals surface area contributed by atoms with Crippen LogP contribution < -0.4 is 0 Å². The van der Waals surface area contributed by atoms with Crippen LogP contribution in [-0.4, -0.2) is 15.8 Å². The Morgan fingerprint density at radius 2 is 2.09 bits per heavy atom. The Morgan fingerprint density at radius 1 is 1.55 bits per heavy atom. The van der Waals surface area contributed by atoms with E-state index in [9.17, 15) is 5.11 Å². The average Bonchev–Trinajstić information content (AvgIpc) is 2.00. The maximum atomic E-state index is 11.0. The predicted octanol–water partition coefficient (Wildman–Crippen LogP) is 3.52. The Morgan fingerprint density at radius 3 is 2.45 bits per heavy atom. The summed E-state index contributed by atoms with van der Waals surface area (Å²) in [7, 11) is 0. The summed E-state index contributed by atoms with van der Waals surface area (Å²) in [5.74, 6) is 0. The lowest BCUT2D eigenvalue weighted by Gasteiger charge is -2.19. The minimum absolute atomic E-state index is 0.102. The van der Waals surface area contributed by atoms with E-state index in [-0.39, 0.29) is 10.4 Å². The normalized spacial score (nSPS) is 19.4. The molecule has 2 unspecified atom stereocenters. The van der Waals surface area contributed by atoms with Crippen LogP contribution in [0, 0.1) is 0 Å². The molecule has 0 heterocycles. The first kappa shape index (κ1) is 11.9. The molecule has 0 aromatic heterocycles. The summed E-state index contributed by atoms with van der Waals surface area (Å²) in [5.41, 5.74) is 0. The number of hydrogen-bond acceptors (Lipinski definition) is 0. The molecule has 0 saturated carbocycles. The summed E-state index contributed by atoms with van der Waals surface area (Å²) in [5, 5.41) is 11.9. The van der Waals surface area contributed by atoms with Gasteiger partial charge >= 0.3 is 0 Å². The highest BCUT2D eigenvalue weighted by molar-refractivity contribution is 9.12. The molecule has 0 aliphatic carbocycles. The summed E-state index contributed by atoms with van der Waals surface area (Å²) < 4.78 is 0.102. The zero-order valence-corrected chi connectivity index (χ0v) is 10.2. The molecule has 67 valence electrons. The van der Waals surface area contributed by atoms with Gasteiger partial charge in [0.25, 0.3) is 0 Å². The van der Waals surface area contributed by atoms with Gasteiger partial charge in [-0.2, -0.15) is 0 Å². The molecule has 0 amide bonds. The van der Waals surface area contributed by atoms with Crippen LogP contribution in [0.1, 0.15) is 33.1 Å². The number of rotatable bonds is 5. The number of halogens is 2. The van der Waals surface area contributed by atoms with Crippen molar-refractivity contribution in [2.75, 3.05) is 5.33 Å². The monoisotopic (exact) mass is 285 g/mol. The minimum Gasteiger partial charge on any atom is -0.233 e. The van der Waals surface area contributed by atoms with Crippen LogP contribution in [-0.2, 0) is 5.11 Å². The molecular formula is C8H15Br2O. The van der Waals surface area contributed by atoms with Crippen molar-refractivity contribution in [1.82, 2.24) is 0 Å². The highest BCUT2D eigenvalue weighted by Crippen LogP contribution is 2.26.